The average Bonchev–Trinajstić information content (AvgIpc) is 2.90. The van der Waals surface area contributed by atoms with Crippen molar-refractivity contribution in [3.05, 3.63) is 41.5 Å². The Morgan fingerprint density at radius 3 is 2.71 bits per heavy atom. The predicted octanol–water partition coefficient (Wildman–Crippen LogP) is 3.54. The lowest BCUT2D eigenvalue weighted by Gasteiger charge is -2.20. The summed E-state index contributed by atoms with van der Waals surface area (Å²) in [5.41, 5.74) is 2.56. The maximum absolute atomic E-state index is 12.6. The lowest BCUT2D eigenvalue weighted by molar-refractivity contribution is -0.130. The van der Waals surface area contributed by atoms with E-state index in [1.807, 2.05) is 29.2 Å². The zero-order valence-corrected chi connectivity index (χ0v) is 12.7. The highest BCUT2D eigenvalue weighted by Crippen LogP contribution is 2.32. The molecular formula is C18H23NO2. The highest BCUT2D eigenvalue weighted by atomic mass is 16.5. The largest absolute Gasteiger partial charge is 0.497 e. The van der Waals surface area contributed by atoms with Gasteiger partial charge in [0, 0.05) is 13.1 Å². The molecule has 1 aromatic carbocycles. The number of amides is 1. The summed E-state index contributed by atoms with van der Waals surface area (Å²) in [6.45, 7) is 1.60. The maximum Gasteiger partial charge on any atom is 0.230 e. The van der Waals surface area contributed by atoms with Crippen molar-refractivity contribution in [3.8, 4) is 5.75 Å². The van der Waals surface area contributed by atoms with Crippen molar-refractivity contribution >= 4 is 5.91 Å². The number of carbonyl (C=O) groups excluding carboxylic acids is 1. The van der Waals surface area contributed by atoms with Gasteiger partial charge in [0.05, 0.1) is 13.0 Å². The van der Waals surface area contributed by atoms with Crippen LogP contribution in [0.2, 0.25) is 0 Å². The second-order valence-corrected chi connectivity index (χ2v) is 5.97. The van der Waals surface area contributed by atoms with Crippen LogP contribution in [0.15, 0.2) is 35.9 Å². The van der Waals surface area contributed by atoms with Crippen LogP contribution in [0.5, 0.6) is 5.75 Å². The summed E-state index contributed by atoms with van der Waals surface area (Å²) >= 11 is 0. The fourth-order valence-electron chi connectivity index (χ4n) is 3.37. The zero-order chi connectivity index (χ0) is 14.7. The van der Waals surface area contributed by atoms with E-state index in [4.69, 9.17) is 4.74 Å². The summed E-state index contributed by atoms with van der Waals surface area (Å²) in [6, 6.07) is 7.99. The summed E-state index contributed by atoms with van der Waals surface area (Å²) in [7, 11) is 1.67. The molecule has 21 heavy (non-hydrogen) atoms. The number of rotatable bonds is 4. The molecule has 1 atom stereocenters. The minimum absolute atomic E-state index is 0.156. The van der Waals surface area contributed by atoms with Crippen LogP contribution in [0.3, 0.4) is 0 Å². The SMILES string of the molecule is COc1ccc(CN2CCC(C3=CCCCC3)C2=O)cc1. The fraction of sp³-hybridized carbons (Fsp3) is 0.500. The molecule has 1 aliphatic heterocycles. The van der Waals surface area contributed by atoms with Gasteiger partial charge in [-0.15, -0.1) is 0 Å². The van der Waals surface area contributed by atoms with Gasteiger partial charge < -0.3 is 9.64 Å². The lowest BCUT2D eigenvalue weighted by atomic mass is 9.88. The first-order valence-corrected chi connectivity index (χ1v) is 7.88. The number of hydrogen-bond acceptors (Lipinski definition) is 2. The van der Waals surface area contributed by atoms with Crippen LogP contribution >= 0.6 is 0 Å². The molecule has 0 radical (unpaired) electrons. The first-order valence-electron chi connectivity index (χ1n) is 7.88. The Kier molecular flexibility index (Phi) is 4.28. The first kappa shape index (κ1) is 14.2. The van der Waals surface area contributed by atoms with Crippen molar-refractivity contribution < 1.29 is 9.53 Å². The molecule has 112 valence electrons. The second kappa shape index (κ2) is 6.33. The quantitative estimate of drug-likeness (QED) is 0.792. The topological polar surface area (TPSA) is 29.5 Å². The van der Waals surface area contributed by atoms with Gasteiger partial charge in [0.15, 0.2) is 0 Å². The zero-order valence-electron chi connectivity index (χ0n) is 12.7. The molecule has 1 aliphatic carbocycles. The van der Waals surface area contributed by atoms with Crippen molar-refractivity contribution in [2.24, 2.45) is 5.92 Å². The molecule has 3 rings (SSSR count). The van der Waals surface area contributed by atoms with Gasteiger partial charge in [-0.05, 0) is 49.8 Å². The van der Waals surface area contributed by atoms with Gasteiger partial charge in [-0.1, -0.05) is 23.8 Å². The fourth-order valence-corrected chi connectivity index (χ4v) is 3.37. The Hall–Kier alpha value is -1.77. The number of allylic oxidation sites excluding steroid dienone is 1. The predicted molar refractivity (Wildman–Crippen MR) is 83.1 cm³/mol. The average molecular weight is 285 g/mol. The number of carbonyl (C=O) groups is 1. The van der Waals surface area contributed by atoms with Gasteiger partial charge in [-0.3, -0.25) is 4.79 Å². The van der Waals surface area contributed by atoms with Gasteiger partial charge in [-0.2, -0.15) is 0 Å². The molecule has 1 fully saturated rings. The smallest absolute Gasteiger partial charge is 0.230 e. The molecule has 0 spiro atoms. The van der Waals surface area contributed by atoms with Crippen LogP contribution in [0, 0.1) is 5.92 Å². The molecule has 1 heterocycles. The van der Waals surface area contributed by atoms with Crippen LogP contribution in [0.4, 0.5) is 0 Å². The van der Waals surface area contributed by atoms with Gasteiger partial charge in [0.1, 0.15) is 5.75 Å². The molecule has 1 unspecified atom stereocenters. The number of likely N-dealkylation sites (tertiary alicyclic amines) is 1. The Balaban J connectivity index is 1.64. The van der Waals surface area contributed by atoms with E-state index in [9.17, 15) is 4.79 Å². The Morgan fingerprint density at radius 1 is 1.24 bits per heavy atom. The van der Waals surface area contributed by atoms with Gasteiger partial charge in [0.2, 0.25) is 5.91 Å². The third kappa shape index (κ3) is 3.12. The van der Waals surface area contributed by atoms with Crippen LogP contribution in [0.25, 0.3) is 0 Å². The third-order valence-electron chi connectivity index (χ3n) is 4.60. The summed E-state index contributed by atoms with van der Waals surface area (Å²) in [4.78, 5) is 14.6. The van der Waals surface area contributed by atoms with Crippen LogP contribution in [0.1, 0.15) is 37.7 Å². The summed E-state index contributed by atoms with van der Waals surface area (Å²) in [6.07, 6.45) is 8.09. The van der Waals surface area contributed by atoms with Crippen LogP contribution < -0.4 is 4.74 Å². The Morgan fingerprint density at radius 2 is 2.05 bits per heavy atom. The lowest BCUT2D eigenvalue weighted by Crippen LogP contribution is -2.27. The standard InChI is InChI=1S/C18H23NO2/c1-21-16-9-7-14(8-10-16)13-19-12-11-17(18(19)20)15-5-3-2-4-6-15/h5,7-10,17H,2-4,6,11-13H2,1H3. The molecule has 0 bridgehead atoms. The molecule has 2 aliphatic rings. The summed E-state index contributed by atoms with van der Waals surface area (Å²) < 4.78 is 5.17. The van der Waals surface area contributed by atoms with Gasteiger partial charge in [-0.25, -0.2) is 0 Å². The van der Waals surface area contributed by atoms with Crippen molar-refractivity contribution in [1.82, 2.24) is 4.90 Å². The van der Waals surface area contributed by atoms with Gasteiger partial charge in [0.25, 0.3) is 0 Å². The van der Waals surface area contributed by atoms with E-state index < -0.39 is 0 Å². The van der Waals surface area contributed by atoms with E-state index in [1.54, 1.807) is 7.11 Å². The molecule has 3 nitrogen and oxygen atoms in total. The molecule has 3 heteroatoms. The minimum atomic E-state index is 0.156. The molecule has 0 aromatic heterocycles. The summed E-state index contributed by atoms with van der Waals surface area (Å²) in [5.74, 6) is 1.33. The number of methoxy groups -OCH3 is 1. The number of nitrogens with zero attached hydrogens (tertiary/aromatic N) is 1. The van der Waals surface area contributed by atoms with Crippen molar-refractivity contribution in [3.63, 3.8) is 0 Å². The van der Waals surface area contributed by atoms with E-state index in [0.29, 0.717) is 12.5 Å². The number of hydrogen-bond donors (Lipinski definition) is 0. The monoisotopic (exact) mass is 285 g/mol. The summed E-state index contributed by atoms with van der Waals surface area (Å²) in [5, 5.41) is 0. The highest BCUT2D eigenvalue weighted by Gasteiger charge is 2.33. The molecule has 0 N–H and O–H groups in total. The minimum Gasteiger partial charge on any atom is -0.497 e. The van der Waals surface area contributed by atoms with Crippen LogP contribution in [-0.2, 0) is 11.3 Å². The van der Waals surface area contributed by atoms with E-state index in [-0.39, 0.29) is 5.92 Å². The number of benzene rings is 1. The van der Waals surface area contributed by atoms with E-state index in [0.717, 1.165) is 31.6 Å². The Labute approximate surface area is 126 Å². The molecule has 0 saturated carbocycles. The molecule has 1 amide bonds. The highest BCUT2D eigenvalue weighted by molar-refractivity contribution is 5.83. The van der Waals surface area contributed by atoms with E-state index in [2.05, 4.69) is 6.08 Å². The number of ether oxygens (including phenoxy) is 1. The normalized spacial score (nSPS) is 22.3. The Bertz CT molecular complexity index is 533. The van der Waals surface area contributed by atoms with E-state index in [1.165, 1.54) is 24.0 Å². The van der Waals surface area contributed by atoms with Crippen molar-refractivity contribution in [2.45, 2.75) is 38.6 Å². The third-order valence-corrected chi connectivity index (χ3v) is 4.60. The molecule has 1 aromatic rings. The van der Waals surface area contributed by atoms with E-state index >= 15 is 0 Å². The van der Waals surface area contributed by atoms with Crippen LogP contribution in [-0.4, -0.2) is 24.5 Å². The molecule has 1 saturated heterocycles. The van der Waals surface area contributed by atoms with Crippen molar-refractivity contribution in [1.29, 1.82) is 0 Å². The second-order valence-electron chi connectivity index (χ2n) is 5.97. The first-order chi connectivity index (χ1) is 10.3. The molecular weight excluding hydrogens is 262 g/mol. The van der Waals surface area contributed by atoms with Crippen molar-refractivity contribution in [2.75, 3.05) is 13.7 Å². The maximum atomic E-state index is 12.6. The van der Waals surface area contributed by atoms with Gasteiger partial charge >= 0.3 is 0 Å².